The van der Waals surface area contributed by atoms with E-state index in [9.17, 15) is 5.11 Å². The lowest BCUT2D eigenvalue weighted by Gasteiger charge is -2.37. The summed E-state index contributed by atoms with van der Waals surface area (Å²) in [6.07, 6.45) is 0.205. The molecule has 5 aromatic rings. The highest BCUT2D eigenvalue weighted by molar-refractivity contribution is 6.24. The fourth-order valence-corrected chi connectivity index (χ4v) is 6.29. The second-order valence-electron chi connectivity index (χ2n) is 11.0. The van der Waals surface area contributed by atoms with Crippen molar-refractivity contribution in [2.24, 2.45) is 0 Å². The SMILES string of the molecule is CCOc1nc(NC(c2ccccc2)(c2ccccc2)c2ccc(OC)cc2)nc2c1ncn2[C@@H]1O[C@H](CC)[C@@H](O)[C@@]1(C)Cl. The number of methoxy groups -OCH3 is 1. The Bertz CT molecular complexity index is 1670. The van der Waals surface area contributed by atoms with E-state index in [-0.39, 0.29) is 0 Å². The van der Waals surface area contributed by atoms with Gasteiger partial charge >= 0.3 is 0 Å². The molecule has 10 heteroatoms. The highest BCUT2D eigenvalue weighted by atomic mass is 35.5. The molecule has 0 amide bonds. The van der Waals surface area contributed by atoms with Gasteiger partial charge in [-0.2, -0.15) is 9.97 Å². The highest BCUT2D eigenvalue weighted by Crippen LogP contribution is 2.46. The van der Waals surface area contributed by atoms with Crippen molar-refractivity contribution in [1.29, 1.82) is 0 Å². The lowest BCUT2D eigenvalue weighted by Crippen LogP contribution is -2.39. The van der Waals surface area contributed by atoms with E-state index < -0.39 is 28.8 Å². The maximum Gasteiger partial charge on any atom is 0.247 e. The van der Waals surface area contributed by atoms with Gasteiger partial charge in [-0.3, -0.25) is 4.57 Å². The Labute approximate surface area is 261 Å². The zero-order valence-electron chi connectivity index (χ0n) is 25.1. The van der Waals surface area contributed by atoms with E-state index in [4.69, 9.17) is 35.8 Å². The largest absolute Gasteiger partial charge is 0.497 e. The maximum atomic E-state index is 11.0. The lowest BCUT2D eigenvalue weighted by atomic mass is 9.77. The summed E-state index contributed by atoms with van der Waals surface area (Å²) in [5.74, 6) is 1.38. The Morgan fingerprint density at radius 1 is 0.955 bits per heavy atom. The van der Waals surface area contributed by atoms with E-state index in [0.717, 1.165) is 22.4 Å². The summed E-state index contributed by atoms with van der Waals surface area (Å²) in [5.41, 5.74) is 2.94. The Hall–Kier alpha value is -4.18. The van der Waals surface area contributed by atoms with Gasteiger partial charge in [0.05, 0.1) is 26.1 Å². The van der Waals surface area contributed by atoms with Crippen molar-refractivity contribution in [3.63, 3.8) is 0 Å². The van der Waals surface area contributed by atoms with Crippen LogP contribution in [0.25, 0.3) is 11.2 Å². The van der Waals surface area contributed by atoms with Crippen LogP contribution in [0, 0.1) is 0 Å². The predicted octanol–water partition coefficient (Wildman–Crippen LogP) is 6.30. The molecule has 44 heavy (non-hydrogen) atoms. The van der Waals surface area contributed by atoms with Crippen molar-refractivity contribution in [3.8, 4) is 11.6 Å². The van der Waals surface area contributed by atoms with Gasteiger partial charge < -0.3 is 24.6 Å². The average Bonchev–Trinajstić information content (AvgIpc) is 3.58. The number of halogens is 1. The summed E-state index contributed by atoms with van der Waals surface area (Å²) in [6, 6.07) is 28.3. The minimum absolute atomic E-state index is 0.313. The van der Waals surface area contributed by atoms with Gasteiger partial charge in [-0.15, -0.1) is 11.6 Å². The third-order valence-electron chi connectivity index (χ3n) is 8.28. The van der Waals surface area contributed by atoms with Gasteiger partial charge in [0.1, 0.15) is 22.3 Å². The first-order valence-electron chi connectivity index (χ1n) is 14.8. The third-order valence-corrected chi connectivity index (χ3v) is 8.69. The van der Waals surface area contributed by atoms with E-state index in [2.05, 4.69) is 34.6 Å². The Balaban J connectivity index is 1.57. The van der Waals surface area contributed by atoms with Crippen LogP contribution in [0.2, 0.25) is 0 Å². The summed E-state index contributed by atoms with van der Waals surface area (Å²) in [7, 11) is 1.65. The van der Waals surface area contributed by atoms with Gasteiger partial charge in [0, 0.05) is 0 Å². The van der Waals surface area contributed by atoms with Crippen LogP contribution >= 0.6 is 11.6 Å². The standard InChI is InChI=1S/C34H36ClN5O4/c1-5-26-28(41)33(3,35)31(44-26)40-21-36-27-29(40)37-32(38-30(27)43-6-2)39-34(22-13-9-7-10-14-22,23-15-11-8-12-16-23)24-17-19-25(42-4)20-18-24/h7-21,26,28,31,41H,5-6H2,1-4H3,(H,37,38,39)/t26-,28-,31-,33-/m1/s1. The fraction of sp³-hybridized carbons (Fsp3) is 0.324. The zero-order valence-corrected chi connectivity index (χ0v) is 25.9. The number of hydrogen-bond donors (Lipinski definition) is 2. The number of fused-ring (bicyclic) bond motifs is 1. The predicted molar refractivity (Wildman–Crippen MR) is 170 cm³/mol. The quantitative estimate of drug-likeness (QED) is 0.140. The molecule has 1 fully saturated rings. The van der Waals surface area contributed by atoms with Crippen LogP contribution in [0.15, 0.2) is 91.3 Å². The first-order valence-corrected chi connectivity index (χ1v) is 15.1. The van der Waals surface area contributed by atoms with E-state index in [0.29, 0.717) is 36.0 Å². The summed E-state index contributed by atoms with van der Waals surface area (Å²) in [6.45, 7) is 6.00. The van der Waals surface area contributed by atoms with Crippen LogP contribution in [0.1, 0.15) is 50.1 Å². The highest BCUT2D eigenvalue weighted by Gasteiger charge is 2.53. The van der Waals surface area contributed by atoms with E-state index in [1.165, 1.54) is 0 Å². The molecule has 0 spiro atoms. The molecule has 1 aliphatic rings. The molecule has 3 heterocycles. The van der Waals surface area contributed by atoms with Gasteiger partial charge in [-0.1, -0.05) is 79.7 Å². The second kappa shape index (κ2) is 12.1. The van der Waals surface area contributed by atoms with E-state index >= 15 is 0 Å². The van der Waals surface area contributed by atoms with Crippen molar-refractivity contribution < 1.29 is 19.3 Å². The van der Waals surface area contributed by atoms with Crippen LogP contribution in [-0.2, 0) is 10.3 Å². The number of aliphatic hydroxyl groups excluding tert-OH is 1. The van der Waals surface area contributed by atoms with Crippen molar-refractivity contribution in [2.45, 2.75) is 56.0 Å². The number of aromatic nitrogens is 4. The molecule has 9 nitrogen and oxygen atoms in total. The number of aliphatic hydroxyl groups is 1. The monoisotopic (exact) mass is 613 g/mol. The molecule has 0 unspecified atom stereocenters. The molecule has 0 radical (unpaired) electrons. The summed E-state index contributed by atoms with van der Waals surface area (Å²) >= 11 is 6.94. The fourth-order valence-electron chi connectivity index (χ4n) is 6.00. The number of imidazole rings is 1. The first kappa shape index (κ1) is 29.9. The van der Waals surface area contributed by atoms with Gasteiger partial charge in [-0.05, 0) is 49.1 Å². The minimum atomic E-state index is -1.11. The molecule has 0 bridgehead atoms. The smallest absolute Gasteiger partial charge is 0.247 e. The molecule has 0 saturated carbocycles. The number of alkyl halides is 1. The van der Waals surface area contributed by atoms with Crippen molar-refractivity contribution >= 4 is 28.7 Å². The van der Waals surface area contributed by atoms with Crippen LogP contribution in [-0.4, -0.2) is 55.4 Å². The lowest BCUT2D eigenvalue weighted by molar-refractivity contribution is -0.0199. The maximum absolute atomic E-state index is 11.0. The summed E-state index contributed by atoms with van der Waals surface area (Å²) in [4.78, 5) is 13.3. The van der Waals surface area contributed by atoms with Crippen molar-refractivity contribution in [1.82, 2.24) is 19.5 Å². The number of anilines is 1. The Morgan fingerprint density at radius 2 is 1.57 bits per heavy atom. The number of rotatable bonds is 10. The molecule has 3 aromatic carbocycles. The molecule has 2 N–H and O–H groups in total. The average molecular weight is 614 g/mol. The number of ether oxygens (including phenoxy) is 3. The first-order chi connectivity index (χ1) is 21.3. The molecule has 6 rings (SSSR count). The van der Waals surface area contributed by atoms with Gasteiger partial charge in [-0.25, -0.2) is 4.98 Å². The van der Waals surface area contributed by atoms with Crippen molar-refractivity contribution in [2.75, 3.05) is 19.0 Å². The van der Waals surface area contributed by atoms with Gasteiger partial charge in [0.2, 0.25) is 11.8 Å². The summed E-state index contributed by atoms with van der Waals surface area (Å²) in [5, 5.41) is 14.7. The van der Waals surface area contributed by atoms with Gasteiger partial charge in [0.25, 0.3) is 0 Å². The van der Waals surface area contributed by atoms with Crippen molar-refractivity contribution in [3.05, 3.63) is 108 Å². The van der Waals surface area contributed by atoms with Crippen LogP contribution in [0.3, 0.4) is 0 Å². The van der Waals surface area contributed by atoms with Crippen LogP contribution in [0.5, 0.6) is 11.6 Å². The molecule has 228 valence electrons. The topological polar surface area (TPSA) is 104 Å². The minimum Gasteiger partial charge on any atom is -0.497 e. The Kier molecular flexibility index (Phi) is 8.20. The second-order valence-corrected chi connectivity index (χ2v) is 11.8. The third kappa shape index (κ3) is 5.04. The molecular weight excluding hydrogens is 578 g/mol. The molecule has 1 aliphatic heterocycles. The molecule has 1 saturated heterocycles. The van der Waals surface area contributed by atoms with Crippen LogP contribution < -0.4 is 14.8 Å². The molecule has 0 aliphatic carbocycles. The number of hydrogen-bond acceptors (Lipinski definition) is 8. The molecule has 4 atom stereocenters. The molecular formula is C34H36ClN5O4. The normalized spacial score (nSPS) is 21.8. The van der Waals surface area contributed by atoms with E-state index in [1.807, 2.05) is 74.5 Å². The number of nitrogens with zero attached hydrogens (tertiary/aromatic N) is 4. The van der Waals surface area contributed by atoms with E-state index in [1.54, 1.807) is 24.9 Å². The van der Waals surface area contributed by atoms with Crippen LogP contribution in [0.4, 0.5) is 5.95 Å². The number of nitrogens with one attached hydrogen (secondary N) is 1. The van der Waals surface area contributed by atoms with Gasteiger partial charge in [0.15, 0.2) is 17.4 Å². The summed E-state index contributed by atoms with van der Waals surface area (Å²) < 4.78 is 19.5. The zero-order chi connectivity index (χ0) is 30.9. The molecule has 2 aromatic heterocycles. The Morgan fingerprint density at radius 3 is 2.11 bits per heavy atom. The number of benzene rings is 3.